The molecule has 0 radical (unpaired) electrons. The highest BCUT2D eigenvalue weighted by Crippen LogP contribution is 2.27. The fraction of sp³-hybridized carbons (Fsp3) is 0.389. The highest BCUT2D eigenvalue weighted by atomic mass is 16.5. The van der Waals surface area contributed by atoms with Gasteiger partial charge in [-0.05, 0) is 12.1 Å². The first-order valence-electron chi connectivity index (χ1n) is 8.78. The number of nitrogens with one attached hydrogen (secondary N) is 2. The summed E-state index contributed by atoms with van der Waals surface area (Å²) in [5.74, 6) is 0.543. The van der Waals surface area contributed by atoms with Gasteiger partial charge >= 0.3 is 5.97 Å². The van der Waals surface area contributed by atoms with Crippen LogP contribution in [0.1, 0.15) is 10.4 Å². The predicted octanol–water partition coefficient (Wildman–Crippen LogP) is 1.33. The fourth-order valence-corrected chi connectivity index (χ4v) is 2.80. The number of nitrogen functional groups attached to an aromatic ring is 1. The summed E-state index contributed by atoms with van der Waals surface area (Å²) >= 11 is 0. The molecule has 0 spiro atoms. The molecule has 9 nitrogen and oxygen atoms in total. The molecular formula is C18H24N6O3. The van der Waals surface area contributed by atoms with Crippen molar-refractivity contribution in [3.63, 3.8) is 0 Å². The average Bonchev–Trinajstić information content (AvgIpc) is 2.71. The summed E-state index contributed by atoms with van der Waals surface area (Å²) in [5.41, 5.74) is 7.56. The summed E-state index contributed by atoms with van der Waals surface area (Å²) in [6.07, 6.45) is 1.43. The summed E-state index contributed by atoms with van der Waals surface area (Å²) in [6, 6.07) is 7.01. The van der Waals surface area contributed by atoms with Crippen LogP contribution in [0.4, 0.5) is 23.0 Å². The third kappa shape index (κ3) is 4.83. The predicted molar refractivity (Wildman–Crippen MR) is 103 cm³/mol. The van der Waals surface area contributed by atoms with Crippen molar-refractivity contribution in [2.24, 2.45) is 0 Å². The number of hydrogen-bond donors (Lipinski definition) is 3. The Hall–Kier alpha value is -2.91. The SMILES string of the molecule is COC(=O)c1ccccc1Nc1ncnc(NCCN2CCOCC2)c1N. The number of morpholine rings is 1. The number of nitrogens with zero attached hydrogens (tertiary/aromatic N) is 3. The first-order chi connectivity index (χ1) is 13.2. The lowest BCUT2D eigenvalue weighted by Gasteiger charge is -2.26. The molecule has 0 aliphatic carbocycles. The van der Waals surface area contributed by atoms with Crippen molar-refractivity contribution in [3.8, 4) is 0 Å². The number of ether oxygens (including phenoxy) is 2. The zero-order chi connectivity index (χ0) is 19.1. The Morgan fingerprint density at radius 2 is 2.00 bits per heavy atom. The topological polar surface area (TPSA) is 115 Å². The maximum atomic E-state index is 11.9. The number of benzene rings is 1. The smallest absolute Gasteiger partial charge is 0.339 e. The quantitative estimate of drug-likeness (QED) is 0.619. The van der Waals surface area contributed by atoms with Crippen molar-refractivity contribution in [1.82, 2.24) is 14.9 Å². The van der Waals surface area contributed by atoms with Gasteiger partial charge < -0.3 is 25.8 Å². The summed E-state index contributed by atoms with van der Waals surface area (Å²) in [4.78, 5) is 22.6. The number of carbonyl (C=O) groups excluding carboxylic acids is 1. The second-order valence-electron chi connectivity index (χ2n) is 6.03. The summed E-state index contributed by atoms with van der Waals surface area (Å²) in [7, 11) is 1.34. The molecule has 0 amide bonds. The largest absolute Gasteiger partial charge is 0.465 e. The molecular weight excluding hydrogens is 348 g/mol. The van der Waals surface area contributed by atoms with Gasteiger partial charge in [-0.1, -0.05) is 12.1 Å². The van der Waals surface area contributed by atoms with E-state index in [9.17, 15) is 4.79 Å². The van der Waals surface area contributed by atoms with Gasteiger partial charge in [0.25, 0.3) is 0 Å². The fourth-order valence-electron chi connectivity index (χ4n) is 2.80. The molecule has 144 valence electrons. The second-order valence-corrected chi connectivity index (χ2v) is 6.03. The van der Waals surface area contributed by atoms with Crippen LogP contribution in [0.3, 0.4) is 0 Å². The van der Waals surface area contributed by atoms with E-state index >= 15 is 0 Å². The number of para-hydroxylation sites is 1. The number of nitrogens with two attached hydrogens (primary N) is 1. The zero-order valence-electron chi connectivity index (χ0n) is 15.3. The van der Waals surface area contributed by atoms with E-state index < -0.39 is 5.97 Å². The van der Waals surface area contributed by atoms with Crippen LogP contribution >= 0.6 is 0 Å². The minimum Gasteiger partial charge on any atom is -0.465 e. The molecule has 0 saturated carbocycles. The lowest BCUT2D eigenvalue weighted by molar-refractivity contribution is 0.0398. The number of anilines is 4. The van der Waals surface area contributed by atoms with Crippen LogP contribution in [-0.2, 0) is 9.47 Å². The number of carbonyl (C=O) groups is 1. The van der Waals surface area contributed by atoms with Crippen molar-refractivity contribution in [2.45, 2.75) is 0 Å². The van der Waals surface area contributed by atoms with Crippen LogP contribution in [0.25, 0.3) is 0 Å². The van der Waals surface area contributed by atoms with Crippen LogP contribution in [0.2, 0.25) is 0 Å². The molecule has 1 fully saturated rings. The van der Waals surface area contributed by atoms with Gasteiger partial charge in [0.1, 0.15) is 12.0 Å². The van der Waals surface area contributed by atoms with Gasteiger partial charge in [0, 0.05) is 26.2 Å². The van der Waals surface area contributed by atoms with Gasteiger partial charge in [-0.3, -0.25) is 4.90 Å². The van der Waals surface area contributed by atoms with E-state index in [0.29, 0.717) is 35.1 Å². The molecule has 4 N–H and O–H groups in total. The highest BCUT2D eigenvalue weighted by Gasteiger charge is 2.15. The van der Waals surface area contributed by atoms with Gasteiger partial charge in [-0.25, -0.2) is 14.8 Å². The van der Waals surface area contributed by atoms with E-state index in [4.69, 9.17) is 15.2 Å². The highest BCUT2D eigenvalue weighted by molar-refractivity contribution is 5.97. The Balaban J connectivity index is 1.67. The maximum absolute atomic E-state index is 11.9. The van der Waals surface area contributed by atoms with Gasteiger partial charge in [-0.2, -0.15) is 0 Å². The van der Waals surface area contributed by atoms with Crippen LogP contribution in [0.5, 0.6) is 0 Å². The molecule has 2 heterocycles. The lowest BCUT2D eigenvalue weighted by atomic mass is 10.2. The van der Waals surface area contributed by atoms with Gasteiger partial charge in [0.05, 0.1) is 31.6 Å². The molecule has 1 aliphatic heterocycles. The lowest BCUT2D eigenvalue weighted by Crippen LogP contribution is -2.39. The van der Waals surface area contributed by atoms with E-state index in [-0.39, 0.29) is 0 Å². The summed E-state index contributed by atoms with van der Waals surface area (Å²) in [5, 5.41) is 6.34. The van der Waals surface area contributed by atoms with Gasteiger partial charge in [0.15, 0.2) is 11.6 Å². The molecule has 1 aromatic heterocycles. The van der Waals surface area contributed by atoms with Crippen LogP contribution in [0.15, 0.2) is 30.6 Å². The van der Waals surface area contributed by atoms with Gasteiger partial charge in [0.2, 0.25) is 0 Å². The molecule has 2 aromatic rings. The number of rotatable bonds is 7. The normalized spacial score (nSPS) is 14.6. The van der Waals surface area contributed by atoms with Crippen molar-refractivity contribution in [2.75, 3.05) is 62.9 Å². The number of aromatic nitrogens is 2. The van der Waals surface area contributed by atoms with Crippen molar-refractivity contribution in [1.29, 1.82) is 0 Å². The average molecular weight is 372 g/mol. The van der Waals surface area contributed by atoms with E-state index in [1.54, 1.807) is 18.2 Å². The first-order valence-corrected chi connectivity index (χ1v) is 8.78. The Morgan fingerprint density at radius 3 is 2.78 bits per heavy atom. The van der Waals surface area contributed by atoms with Crippen LogP contribution < -0.4 is 16.4 Å². The Labute approximate surface area is 157 Å². The van der Waals surface area contributed by atoms with E-state index in [1.807, 2.05) is 6.07 Å². The standard InChI is InChI=1S/C18H24N6O3/c1-26-18(25)13-4-2-3-5-14(13)23-17-15(19)16(21-12-22-17)20-6-7-24-8-10-27-11-9-24/h2-5,12H,6-11,19H2,1H3,(H2,20,21,22,23). The second kappa shape index (κ2) is 9.15. The van der Waals surface area contributed by atoms with Crippen molar-refractivity contribution >= 4 is 29.0 Å². The van der Waals surface area contributed by atoms with Crippen LogP contribution in [0, 0.1) is 0 Å². The van der Waals surface area contributed by atoms with Gasteiger partial charge in [-0.15, -0.1) is 0 Å². The van der Waals surface area contributed by atoms with Crippen LogP contribution in [-0.4, -0.2) is 67.3 Å². The van der Waals surface area contributed by atoms with E-state index in [1.165, 1.54) is 13.4 Å². The molecule has 27 heavy (non-hydrogen) atoms. The molecule has 1 saturated heterocycles. The molecule has 0 atom stereocenters. The minimum atomic E-state index is -0.436. The summed E-state index contributed by atoms with van der Waals surface area (Å²) < 4.78 is 10.2. The third-order valence-corrected chi connectivity index (χ3v) is 4.29. The number of hydrogen-bond acceptors (Lipinski definition) is 9. The Morgan fingerprint density at radius 1 is 1.26 bits per heavy atom. The molecule has 9 heteroatoms. The minimum absolute atomic E-state index is 0.388. The first kappa shape index (κ1) is 18.9. The summed E-state index contributed by atoms with van der Waals surface area (Å²) in [6.45, 7) is 4.98. The molecule has 1 aliphatic rings. The maximum Gasteiger partial charge on any atom is 0.339 e. The molecule has 3 rings (SSSR count). The molecule has 1 aromatic carbocycles. The van der Waals surface area contributed by atoms with E-state index in [0.717, 1.165) is 32.8 Å². The monoisotopic (exact) mass is 372 g/mol. The third-order valence-electron chi connectivity index (χ3n) is 4.29. The Bertz CT molecular complexity index is 779. The molecule has 0 bridgehead atoms. The van der Waals surface area contributed by atoms with Crippen molar-refractivity contribution in [3.05, 3.63) is 36.2 Å². The van der Waals surface area contributed by atoms with Crippen molar-refractivity contribution < 1.29 is 14.3 Å². The Kier molecular flexibility index (Phi) is 6.39. The van der Waals surface area contributed by atoms with E-state index in [2.05, 4.69) is 25.5 Å². The zero-order valence-corrected chi connectivity index (χ0v) is 15.3. The number of methoxy groups -OCH3 is 1. The molecule has 0 unspecified atom stereocenters. The number of esters is 1.